The van der Waals surface area contributed by atoms with Crippen molar-refractivity contribution in [2.45, 2.75) is 44.6 Å². The maximum absolute atomic E-state index is 12.2. The summed E-state index contributed by atoms with van der Waals surface area (Å²) in [6.45, 7) is 6.06. The minimum Gasteiger partial charge on any atom is -0.325 e. The van der Waals surface area contributed by atoms with Crippen molar-refractivity contribution in [3.05, 3.63) is 29.3 Å². The molecule has 1 aromatic rings. The van der Waals surface area contributed by atoms with E-state index in [1.165, 1.54) is 0 Å². The van der Waals surface area contributed by atoms with Gasteiger partial charge in [0.25, 0.3) is 0 Å². The maximum atomic E-state index is 12.2. The molecule has 0 bridgehead atoms. The van der Waals surface area contributed by atoms with Gasteiger partial charge < -0.3 is 5.32 Å². The summed E-state index contributed by atoms with van der Waals surface area (Å²) in [6, 6.07) is 5.77. The predicted molar refractivity (Wildman–Crippen MR) is 94.4 cm³/mol. The van der Waals surface area contributed by atoms with E-state index < -0.39 is 10.8 Å². The summed E-state index contributed by atoms with van der Waals surface area (Å²) >= 11 is 1.69. The summed E-state index contributed by atoms with van der Waals surface area (Å²) in [5.41, 5.74) is 2.86. The molecule has 0 heterocycles. The van der Waals surface area contributed by atoms with Crippen molar-refractivity contribution < 1.29 is 9.00 Å². The standard InChI is InChI=1S/C16H25NO2S2/c1-5-6-10-20-13(3)16(18)17-15-9-7-8-14(12(15)2)11-21(4)19/h7-9,13H,5-6,10-11H2,1-4H3,(H,17,18)/t13-,21-/m0/s1. The van der Waals surface area contributed by atoms with Gasteiger partial charge in [-0.25, -0.2) is 0 Å². The van der Waals surface area contributed by atoms with E-state index in [0.29, 0.717) is 5.75 Å². The molecule has 0 saturated heterocycles. The lowest BCUT2D eigenvalue weighted by molar-refractivity contribution is -0.115. The van der Waals surface area contributed by atoms with Crippen LogP contribution in [0.3, 0.4) is 0 Å². The smallest absolute Gasteiger partial charge is 0.237 e. The van der Waals surface area contributed by atoms with E-state index in [4.69, 9.17) is 0 Å². The molecule has 0 aliphatic carbocycles. The largest absolute Gasteiger partial charge is 0.325 e. The number of carbonyl (C=O) groups is 1. The lowest BCUT2D eigenvalue weighted by atomic mass is 10.1. The SMILES string of the molecule is CCCCS[C@@H](C)C(=O)Nc1cccc(C[S@](C)=O)c1C. The highest BCUT2D eigenvalue weighted by Crippen LogP contribution is 2.22. The maximum Gasteiger partial charge on any atom is 0.237 e. The third-order valence-corrected chi connectivity index (χ3v) is 5.25. The van der Waals surface area contributed by atoms with Crippen molar-refractivity contribution in [3.8, 4) is 0 Å². The van der Waals surface area contributed by atoms with Crippen molar-refractivity contribution in [1.82, 2.24) is 0 Å². The molecule has 5 heteroatoms. The fourth-order valence-electron chi connectivity index (χ4n) is 1.91. The molecular weight excluding hydrogens is 302 g/mol. The molecule has 0 aromatic heterocycles. The third-order valence-electron chi connectivity index (χ3n) is 3.30. The second-order valence-corrected chi connectivity index (χ2v) is 8.05. The number of rotatable bonds is 8. The number of unbranched alkanes of at least 4 members (excludes halogenated alkanes) is 1. The Bertz CT molecular complexity index is 503. The number of benzene rings is 1. The van der Waals surface area contributed by atoms with Crippen LogP contribution in [0.1, 0.15) is 37.8 Å². The lowest BCUT2D eigenvalue weighted by Gasteiger charge is -2.15. The summed E-state index contributed by atoms with van der Waals surface area (Å²) in [6.07, 6.45) is 3.98. The highest BCUT2D eigenvalue weighted by molar-refractivity contribution is 8.00. The van der Waals surface area contributed by atoms with Crippen LogP contribution in [0.4, 0.5) is 5.69 Å². The number of anilines is 1. The molecule has 0 spiro atoms. The molecular formula is C16H25NO2S2. The highest BCUT2D eigenvalue weighted by Gasteiger charge is 2.15. The molecule has 1 N–H and O–H groups in total. The summed E-state index contributed by atoms with van der Waals surface area (Å²) < 4.78 is 11.4. The van der Waals surface area contributed by atoms with Crippen LogP contribution in [0.25, 0.3) is 0 Å². The molecule has 0 aliphatic rings. The van der Waals surface area contributed by atoms with Crippen molar-refractivity contribution in [3.63, 3.8) is 0 Å². The van der Waals surface area contributed by atoms with E-state index in [-0.39, 0.29) is 11.2 Å². The van der Waals surface area contributed by atoms with Crippen LogP contribution in [0.2, 0.25) is 0 Å². The minimum atomic E-state index is -0.879. The normalized spacial score (nSPS) is 13.7. The second-order valence-electron chi connectivity index (χ2n) is 5.16. The first kappa shape index (κ1) is 18.2. The molecule has 1 amide bonds. The molecule has 0 unspecified atom stereocenters. The lowest BCUT2D eigenvalue weighted by Crippen LogP contribution is -2.23. The summed E-state index contributed by atoms with van der Waals surface area (Å²) in [4.78, 5) is 12.2. The summed E-state index contributed by atoms with van der Waals surface area (Å²) in [5.74, 6) is 1.57. The van der Waals surface area contributed by atoms with Crippen molar-refractivity contribution >= 4 is 34.2 Å². The molecule has 118 valence electrons. The van der Waals surface area contributed by atoms with E-state index >= 15 is 0 Å². The van der Waals surface area contributed by atoms with Crippen LogP contribution in [0, 0.1) is 6.92 Å². The van der Waals surface area contributed by atoms with Crippen LogP contribution in [0.5, 0.6) is 0 Å². The molecule has 1 rings (SSSR count). The molecule has 0 aliphatic heterocycles. The first-order chi connectivity index (χ1) is 9.95. The van der Waals surface area contributed by atoms with Gasteiger partial charge in [-0.3, -0.25) is 9.00 Å². The molecule has 0 saturated carbocycles. The Morgan fingerprint density at radius 1 is 1.43 bits per heavy atom. The van der Waals surface area contributed by atoms with E-state index in [1.807, 2.05) is 32.0 Å². The van der Waals surface area contributed by atoms with Gasteiger partial charge in [-0.05, 0) is 43.2 Å². The quantitative estimate of drug-likeness (QED) is 0.740. The van der Waals surface area contributed by atoms with Crippen LogP contribution in [-0.2, 0) is 21.3 Å². The van der Waals surface area contributed by atoms with Crippen molar-refractivity contribution in [2.24, 2.45) is 0 Å². The van der Waals surface area contributed by atoms with Crippen LogP contribution in [-0.4, -0.2) is 27.4 Å². The van der Waals surface area contributed by atoms with Gasteiger partial charge >= 0.3 is 0 Å². The van der Waals surface area contributed by atoms with E-state index in [0.717, 1.165) is 35.4 Å². The Morgan fingerprint density at radius 2 is 2.14 bits per heavy atom. The number of carbonyl (C=O) groups excluding carboxylic acids is 1. The first-order valence-electron chi connectivity index (χ1n) is 7.26. The summed E-state index contributed by atoms with van der Waals surface area (Å²) in [5, 5.41) is 2.94. The van der Waals surface area contributed by atoms with Gasteiger partial charge in [-0.15, -0.1) is 11.8 Å². The molecule has 1 aromatic carbocycles. The number of hydrogen-bond acceptors (Lipinski definition) is 3. The monoisotopic (exact) mass is 327 g/mol. The Morgan fingerprint density at radius 3 is 2.76 bits per heavy atom. The van der Waals surface area contributed by atoms with E-state index in [2.05, 4.69) is 12.2 Å². The number of nitrogens with one attached hydrogen (secondary N) is 1. The highest BCUT2D eigenvalue weighted by atomic mass is 32.2. The zero-order chi connectivity index (χ0) is 15.8. The average molecular weight is 328 g/mol. The van der Waals surface area contributed by atoms with Gasteiger partial charge in [0, 0.05) is 28.5 Å². The van der Waals surface area contributed by atoms with Gasteiger partial charge in [-0.1, -0.05) is 25.5 Å². The van der Waals surface area contributed by atoms with Gasteiger partial charge in [-0.2, -0.15) is 0 Å². The molecule has 0 fully saturated rings. The Balaban J connectivity index is 2.69. The molecule has 0 radical (unpaired) electrons. The number of amides is 1. The molecule has 21 heavy (non-hydrogen) atoms. The fraction of sp³-hybridized carbons (Fsp3) is 0.562. The van der Waals surface area contributed by atoms with Gasteiger partial charge in [0.05, 0.1) is 5.25 Å². The Hall–Kier alpha value is -0.810. The first-order valence-corrected chi connectivity index (χ1v) is 10.0. The van der Waals surface area contributed by atoms with Crippen LogP contribution in [0.15, 0.2) is 18.2 Å². The zero-order valence-electron chi connectivity index (χ0n) is 13.3. The summed E-state index contributed by atoms with van der Waals surface area (Å²) in [7, 11) is -0.879. The van der Waals surface area contributed by atoms with Crippen LogP contribution < -0.4 is 5.32 Å². The Labute approximate surface area is 134 Å². The minimum absolute atomic E-state index is 0.0361. The van der Waals surface area contributed by atoms with Crippen LogP contribution >= 0.6 is 11.8 Å². The average Bonchev–Trinajstić information content (AvgIpc) is 2.42. The van der Waals surface area contributed by atoms with E-state index in [1.54, 1.807) is 18.0 Å². The van der Waals surface area contributed by atoms with Gasteiger partial charge in [0.15, 0.2) is 0 Å². The van der Waals surface area contributed by atoms with Crippen molar-refractivity contribution in [1.29, 1.82) is 0 Å². The van der Waals surface area contributed by atoms with E-state index in [9.17, 15) is 9.00 Å². The zero-order valence-corrected chi connectivity index (χ0v) is 14.9. The van der Waals surface area contributed by atoms with Gasteiger partial charge in [0.2, 0.25) is 5.91 Å². The Kier molecular flexibility index (Phi) is 8.04. The fourth-order valence-corrected chi connectivity index (χ4v) is 3.68. The van der Waals surface area contributed by atoms with Crippen molar-refractivity contribution in [2.75, 3.05) is 17.3 Å². The number of hydrogen-bond donors (Lipinski definition) is 1. The molecule has 2 atom stereocenters. The molecule has 3 nitrogen and oxygen atoms in total. The van der Waals surface area contributed by atoms with Gasteiger partial charge in [0.1, 0.15) is 0 Å². The topological polar surface area (TPSA) is 46.2 Å². The third kappa shape index (κ3) is 6.22. The number of thioether (sulfide) groups is 1. The predicted octanol–water partition coefficient (Wildman–Crippen LogP) is 3.73. The second kappa shape index (κ2) is 9.26.